The van der Waals surface area contributed by atoms with E-state index in [1.807, 2.05) is 18.2 Å². The molecule has 0 heterocycles. The Hall–Kier alpha value is -0.980. The molecule has 0 amide bonds. The van der Waals surface area contributed by atoms with Gasteiger partial charge in [-0.3, -0.25) is 0 Å². The maximum Gasteiger partial charge on any atom is 0.115 e. The van der Waals surface area contributed by atoms with Gasteiger partial charge in [-0.05, 0) is 36.5 Å². The van der Waals surface area contributed by atoms with Gasteiger partial charge in [-0.15, -0.1) is 0 Å². The van der Waals surface area contributed by atoms with Crippen LogP contribution in [0.25, 0.3) is 0 Å². The summed E-state index contributed by atoms with van der Waals surface area (Å²) in [5.41, 5.74) is 1.14. The summed E-state index contributed by atoms with van der Waals surface area (Å²) in [5.74, 6) is 1.28. The van der Waals surface area contributed by atoms with Crippen molar-refractivity contribution in [2.24, 2.45) is 5.92 Å². The van der Waals surface area contributed by atoms with Crippen LogP contribution in [0, 0.1) is 12.3 Å². The average molecular weight is 161 g/mol. The Bertz CT molecular complexity index is 263. The van der Waals surface area contributed by atoms with E-state index in [1.165, 1.54) is 19.3 Å². The first-order chi connectivity index (χ1) is 5.84. The fourth-order valence-electron chi connectivity index (χ4n) is 1.31. The molecule has 1 aromatic rings. The van der Waals surface area contributed by atoms with Crippen molar-refractivity contribution in [1.29, 1.82) is 0 Å². The highest BCUT2D eigenvalue weighted by molar-refractivity contribution is 5.31. The standard InChI is InChI=1S/C11H13O/c12-11-3-1-2-10(8-11)7-6-9-4-5-9/h1-3,7-9,12H,4-6H2. The van der Waals surface area contributed by atoms with E-state index in [-0.39, 0.29) is 0 Å². The molecule has 0 aliphatic heterocycles. The second kappa shape index (κ2) is 3.18. The summed E-state index contributed by atoms with van der Waals surface area (Å²) in [5, 5.41) is 9.17. The molecule has 1 radical (unpaired) electrons. The van der Waals surface area contributed by atoms with E-state index < -0.39 is 0 Å². The summed E-state index contributed by atoms with van der Waals surface area (Å²) in [7, 11) is 0. The lowest BCUT2D eigenvalue weighted by Gasteiger charge is -1.99. The molecule has 1 aromatic carbocycles. The molecule has 2 rings (SSSR count). The van der Waals surface area contributed by atoms with Gasteiger partial charge in [0, 0.05) is 0 Å². The third-order valence-corrected chi connectivity index (χ3v) is 2.25. The summed E-state index contributed by atoms with van der Waals surface area (Å²) in [6, 6.07) is 7.42. The van der Waals surface area contributed by atoms with Gasteiger partial charge in [-0.25, -0.2) is 0 Å². The van der Waals surface area contributed by atoms with Crippen molar-refractivity contribution in [3.05, 3.63) is 36.2 Å². The van der Waals surface area contributed by atoms with Crippen molar-refractivity contribution in [2.75, 3.05) is 0 Å². The van der Waals surface area contributed by atoms with Crippen LogP contribution >= 0.6 is 0 Å². The van der Waals surface area contributed by atoms with Gasteiger partial charge in [0.05, 0.1) is 0 Å². The highest BCUT2D eigenvalue weighted by Crippen LogP contribution is 2.34. The van der Waals surface area contributed by atoms with Gasteiger partial charge in [0.1, 0.15) is 5.75 Å². The molecule has 0 spiro atoms. The normalized spacial score (nSPS) is 16.3. The molecule has 1 aliphatic rings. The Balaban J connectivity index is 1.92. The number of rotatable bonds is 3. The van der Waals surface area contributed by atoms with E-state index in [1.54, 1.807) is 6.07 Å². The largest absolute Gasteiger partial charge is 0.508 e. The number of phenols is 1. The van der Waals surface area contributed by atoms with Crippen molar-refractivity contribution in [1.82, 2.24) is 0 Å². The molecule has 1 aliphatic carbocycles. The van der Waals surface area contributed by atoms with Crippen LogP contribution in [0.4, 0.5) is 0 Å². The van der Waals surface area contributed by atoms with E-state index in [9.17, 15) is 5.11 Å². The lowest BCUT2D eigenvalue weighted by Crippen LogP contribution is -1.82. The molecule has 0 unspecified atom stereocenters. The predicted octanol–water partition coefficient (Wildman–Crippen LogP) is 2.74. The number of aromatic hydroxyl groups is 1. The van der Waals surface area contributed by atoms with Crippen molar-refractivity contribution in [3.63, 3.8) is 0 Å². The van der Waals surface area contributed by atoms with Gasteiger partial charge >= 0.3 is 0 Å². The zero-order valence-corrected chi connectivity index (χ0v) is 7.03. The highest BCUT2D eigenvalue weighted by atomic mass is 16.3. The zero-order chi connectivity index (χ0) is 8.39. The van der Waals surface area contributed by atoms with Gasteiger partial charge in [0.25, 0.3) is 0 Å². The topological polar surface area (TPSA) is 20.2 Å². The van der Waals surface area contributed by atoms with Crippen LogP contribution in [0.15, 0.2) is 24.3 Å². The van der Waals surface area contributed by atoms with Gasteiger partial charge in [-0.2, -0.15) is 0 Å². The first-order valence-electron chi connectivity index (χ1n) is 4.47. The van der Waals surface area contributed by atoms with Crippen LogP contribution in [0.2, 0.25) is 0 Å². The van der Waals surface area contributed by atoms with Crippen molar-refractivity contribution in [3.8, 4) is 5.75 Å². The molecule has 0 saturated heterocycles. The van der Waals surface area contributed by atoms with Gasteiger partial charge in [-0.1, -0.05) is 25.0 Å². The molecule has 63 valence electrons. The second-order valence-corrected chi connectivity index (χ2v) is 3.48. The summed E-state index contributed by atoms with van der Waals surface area (Å²) in [6.07, 6.45) is 6.14. The van der Waals surface area contributed by atoms with E-state index in [0.717, 1.165) is 11.5 Å². The summed E-state index contributed by atoms with van der Waals surface area (Å²) in [6.45, 7) is 0. The Labute approximate surface area is 73.0 Å². The monoisotopic (exact) mass is 161 g/mol. The van der Waals surface area contributed by atoms with Crippen LogP contribution in [0.3, 0.4) is 0 Å². The summed E-state index contributed by atoms with van der Waals surface area (Å²) in [4.78, 5) is 0. The van der Waals surface area contributed by atoms with Gasteiger partial charge in [0.15, 0.2) is 0 Å². The minimum Gasteiger partial charge on any atom is -0.508 e. The third-order valence-electron chi connectivity index (χ3n) is 2.25. The lowest BCUT2D eigenvalue weighted by molar-refractivity contribution is 0.475. The Morgan fingerprint density at radius 1 is 1.42 bits per heavy atom. The van der Waals surface area contributed by atoms with Crippen molar-refractivity contribution >= 4 is 0 Å². The maximum atomic E-state index is 9.17. The molecule has 12 heavy (non-hydrogen) atoms. The zero-order valence-electron chi connectivity index (χ0n) is 7.03. The molecule has 1 fully saturated rings. The first-order valence-corrected chi connectivity index (χ1v) is 4.47. The van der Waals surface area contributed by atoms with Crippen LogP contribution in [-0.2, 0) is 0 Å². The fraction of sp³-hybridized carbons (Fsp3) is 0.364. The minimum absolute atomic E-state index is 0.361. The molecular weight excluding hydrogens is 148 g/mol. The molecular formula is C11H13O. The van der Waals surface area contributed by atoms with E-state index >= 15 is 0 Å². The highest BCUT2D eigenvalue weighted by Gasteiger charge is 2.20. The summed E-state index contributed by atoms with van der Waals surface area (Å²) >= 11 is 0. The average Bonchev–Trinajstić information content (AvgIpc) is 2.84. The molecule has 1 heteroatoms. The van der Waals surface area contributed by atoms with Crippen molar-refractivity contribution < 1.29 is 5.11 Å². The van der Waals surface area contributed by atoms with E-state index in [0.29, 0.717) is 5.75 Å². The van der Waals surface area contributed by atoms with E-state index in [2.05, 4.69) is 6.42 Å². The molecule has 1 nitrogen and oxygen atoms in total. The quantitative estimate of drug-likeness (QED) is 0.722. The number of benzene rings is 1. The van der Waals surface area contributed by atoms with Gasteiger partial charge in [0.2, 0.25) is 0 Å². The van der Waals surface area contributed by atoms with Crippen LogP contribution < -0.4 is 0 Å². The Morgan fingerprint density at radius 3 is 2.92 bits per heavy atom. The van der Waals surface area contributed by atoms with E-state index in [4.69, 9.17) is 0 Å². The SMILES string of the molecule is Oc1cccc([CH]CC2CC2)c1. The third kappa shape index (κ3) is 2.00. The van der Waals surface area contributed by atoms with Crippen LogP contribution in [-0.4, -0.2) is 5.11 Å². The predicted molar refractivity (Wildman–Crippen MR) is 48.8 cm³/mol. The number of phenolic OH excluding ortho intramolecular Hbond substituents is 1. The first kappa shape index (κ1) is 7.66. The Morgan fingerprint density at radius 2 is 2.25 bits per heavy atom. The second-order valence-electron chi connectivity index (χ2n) is 3.48. The van der Waals surface area contributed by atoms with Gasteiger partial charge < -0.3 is 5.11 Å². The maximum absolute atomic E-state index is 9.17. The molecule has 0 atom stereocenters. The Kier molecular flexibility index (Phi) is 2.03. The molecule has 1 saturated carbocycles. The van der Waals surface area contributed by atoms with Crippen molar-refractivity contribution in [2.45, 2.75) is 19.3 Å². The number of hydrogen-bond acceptors (Lipinski definition) is 1. The molecule has 1 N–H and O–H groups in total. The van der Waals surface area contributed by atoms with Crippen LogP contribution in [0.5, 0.6) is 5.75 Å². The molecule has 0 aromatic heterocycles. The summed E-state index contributed by atoms with van der Waals surface area (Å²) < 4.78 is 0. The minimum atomic E-state index is 0.361. The van der Waals surface area contributed by atoms with Crippen LogP contribution in [0.1, 0.15) is 24.8 Å². The smallest absolute Gasteiger partial charge is 0.115 e. The molecule has 0 bridgehead atoms. The lowest BCUT2D eigenvalue weighted by atomic mass is 10.1. The fourth-order valence-corrected chi connectivity index (χ4v) is 1.31. The number of hydrogen-bond donors (Lipinski definition) is 1.